The van der Waals surface area contributed by atoms with Crippen molar-refractivity contribution in [2.24, 2.45) is 0 Å². The Bertz CT molecular complexity index is 229. The van der Waals surface area contributed by atoms with Gasteiger partial charge in [0.2, 0.25) is 0 Å². The first-order chi connectivity index (χ1) is 6.88. The fourth-order valence-electron chi connectivity index (χ4n) is 2.14. The fraction of sp³-hybridized carbons (Fsp3) is 1.00. The molecule has 1 aliphatic rings. The van der Waals surface area contributed by atoms with E-state index in [2.05, 4.69) is 55.0 Å². The predicted molar refractivity (Wildman–Crippen MR) is 78.3 cm³/mol. The third-order valence-electron chi connectivity index (χ3n) is 3.28. The van der Waals surface area contributed by atoms with Crippen LogP contribution in [0.5, 0.6) is 0 Å². The highest BCUT2D eigenvalue weighted by Gasteiger charge is 2.57. The van der Waals surface area contributed by atoms with Gasteiger partial charge in [-0.25, -0.2) is 0 Å². The largest absolute Gasteiger partial charge is 0.191 e. The van der Waals surface area contributed by atoms with Gasteiger partial charge >= 0.3 is 0 Å². The van der Waals surface area contributed by atoms with Gasteiger partial charge in [-0.3, -0.25) is 0 Å². The van der Waals surface area contributed by atoms with Gasteiger partial charge < -0.3 is 0 Å². The molecule has 0 aromatic carbocycles. The summed E-state index contributed by atoms with van der Waals surface area (Å²) in [6.07, 6.45) is 3.90. The molecule has 3 nitrogen and oxygen atoms in total. The SMILES string of the molecule is CCC[P+]1(C)NP(C)N[P+](C)(CC)N1C. The molecule has 0 aromatic rings. The van der Waals surface area contributed by atoms with E-state index in [1.54, 1.807) is 0 Å². The molecule has 1 aliphatic heterocycles. The Morgan fingerprint density at radius 3 is 2.13 bits per heavy atom. The lowest BCUT2D eigenvalue weighted by atomic mass is 10.6. The number of hydrogen-bond acceptors (Lipinski definition) is 3. The van der Waals surface area contributed by atoms with Gasteiger partial charge in [-0.2, -0.15) is 0 Å². The zero-order valence-corrected chi connectivity index (χ0v) is 13.6. The van der Waals surface area contributed by atoms with Gasteiger partial charge in [-0.05, 0) is 24.5 Å². The number of nitrogens with zero attached hydrogens (tertiary/aromatic N) is 1. The summed E-state index contributed by atoms with van der Waals surface area (Å²) in [5, 5.41) is 0. The molecule has 0 aliphatic carbocycles. The Balaban J connectivity index is 2.90. The molecule has 1 fully saturated rings. The minimum absolute atomic E-state index is 0.154. The Morgan fingerprint density at radius 1 is 1.13 bits per heavy atom. The molecular weight excluding hydrogens is 243 g/mol. The van der Waals surface area contributed by atoms with Gasteiger partial charge in [0.1, 0.15) is 8.22 Å². The summed E-state index contributed by atoms with van der Waals surface area (Å²) >= 11 is 0. The second-order valence-electron chi connectivity index (χ2n) is 4.57. The van der Waals surface area contributed by atoms with E-state index < -0.39 is 15.1 Å². The molecule has 1 heterocycles. The van der Waals surface area contributed by atoms with Gasteiger partial charge in [-0.15, -0.1) is 9.72 Å². The van der Waals surface area contributed by atoms with Crippen molar-refractivity contribution in [3.63, 3.8) is 0 Å². The minimum Gasteiger partial charge on any atom is -0.135 e. The fourth-order valence-corrected chi connectivity index (χ4v) is 16.3. The number of rotatable bonds is 3. The third kappa shape index (κ3) is 2.89. The van der Waals surface area contributed by atoms with Crippen molar-refractivity contribution >= 4 is 23.4 Å². The van der Waals surface area contributed by atoms with Gasteiger partial charge in [0.05, 0.1) is 32.7 Å². The highest BCUT2D eigenvalue weighted by atomic mass is 31.3. The molecule has 15 heavy (non-hydrogen) atoms. The molecular formula is C9H26N3P3+2. The molecule has 0 bridgehead atoms. The van der Waals surface area contributed by atoms with Crippen LogP contribution in [-0.2, 0) is 0 Å². The van der Waals surface area contributed by atoms with E-state index in [9.17, 15) is 0 Å². The van der Waals surface area contributed by atoms with Crippen LogP contribution >= 0.6 is 23.4 Å². The van der Waals surface area contributed by atoms with E-state index in [4.69, 9.17) is 0 Å². The zero-order chi connectivity index (χ0) is 11.7. The van der Waals surface area contributed by atoms with Crippen LogP contribution in [-0.4, -0.2) is 43.8 Å². The Hall–Kier alpha value is 1.17. The van der Waals surface area contributed by atoms with Crippen molar-refractivity contribution in [3.05, 3.63) is 0 Å². The molecule has 0 spiro atoms. The van der Waals surface area contributed by atoms with Crippen molar-refractivity contribution < 1.29 is 0 Å². The van der Waals surface area contributed by atoms with Crippen LogP contribution in [0.3, 0.4) is 0 Å². The molecule has 3 atom stereocenters. The lowest BCUT2D eigenvalue weighted by molar-refractivity contribution is 0.800. The maximum Gasteiger partial charge on any atom is 0.191 e. The maximum atomic E-state index is 3.85. The van der Waals surface area contributed by atoms with Crippen LogP contribution in [0.25, 0.3) is 0 Å². The maximum absolute atomic E-state index is 3.85. The van der Waals surface area contributed by atoms with E-state index >= 15 is 0 Å². The highest BCUT2D eigenvalue weighted by Crippen LogP contribution is 2.78. The number of nitrogens with one attached hydrogen (secondary N) is 2. The molecule has 1 rings (SSSR count). The smallest absolute Gasteiger partial charge is 0.135 e. The van der Waals surface area contributed by atoms with Gasteiger partial charge in [0.25, 0.3) is 0 Å². The Morgan fingerprint density at radius 2 is 1.67 bits per heavy atom. The lowest BCUT2D eigenvalue weighted by Crippen LogP contribution is -2.40. The van der Waals surface area contributed by atoms with Crippen molar-refractivity contribution in [2.75, 3.05) is 39.4 Å². The molecule has 90 valence electrons. The first kappa shape index (κ1) is 14.2. The van der Waals surface area contributed by atoms with Crippen molar-refractivity contribution in [1.29, 1.82) is 0 Å². The van der Waals surface area contributed by atoms with Crippen molar-refractivity contribution in [3.8, 4) is 0 Å². The van der Waals surface area contributed by atoms with E-state index in [0.717, 1.165) is 0 Å². The van der Waals surface area contributed by atoms with E-state index in [1.807, 2.05) is 0 Å². The second kappa shape index (κ2) is 5.21. The van der Waals surface area contributed by atoms with Crippen molar-refractivity contribution in [1.82, 2.24) is 14.2 Å². The summed E-state index contributed by atoms with van der Waals surface area (Å²) in [5.74, 6) is 0. The number of hydrogen-bond donors (Lipinski definition) is 2. The summed E-state index contributed by atoms with van der Waals surface area (Å²) in [7, 11) is 0.0747. The van der Waals surface area contributed by atoms with Gasteiger partial charge in [-0.1, -0.05) is 6.92 Å². The van der Waals surface area contributed by atoms with Crippen LogP contribution in [0.4, 0.5) is 0 Å². The lowest BCUT2D eigenvalue weighted by Gasteiger charge is -2.43. The summed E-state index contributed by atoms with van der Waals surface area (Å²) in [6, 6.07) is 0. The molecule has 2 N–H and O–H groups in total. The standard InChI is InChI=1S/C9H26N3P3/c1-7-9-15(6)11-13(4)10-14(5,8-2)12(15)3/h10-11H,7-9H2,1-6H3/q+2. The summed E-state index contributed by atoms with van der Waals surface area (Å²) in [6.45, 7) is 11.8. The first-order valence-electron chi connectivity index (χ1n) is 5.63. The molecule has 6 heteroatoms. The summed E-state index contributed by atoms with van der Waals surface area (Å²) in [5.41, 5.74) is 0. The molecule has 0 saturated carbocycles. The van der Waals surface area contributed by atoms with Crippen LogP contribution in [0.2, 0.25) is 0 Å². The normalized spacial score (nSPS) is 43.2. The summed E-state index contributed by atoms with van der Waals surface area (Å²) in [4.78, 5) is 7.68. The van der Waals surface area contributed by atoms with Crippen molar-refractivity contribution in [2.45, 2.75) is 20.3 Å². The second-order valence-corrected chi connectivity index (χ2v) is 14.4. The average molecular weight is 269 g/mol. The molecule has 3 unspecified atom stereocenters. The van der Waals surface area contributed by atoms with E-state index in [1.165, 1.54) is 18.7 Å². The molecule has 0 radical (unpaired) electrons. The van der Waals surface area contributed by atoms with Crippen LogP contribution in [0.15, 0.2) is 0 Å². The van der Waals surface area contributed by atoms with Crippen LogP contribution in [0, 0.1) is 0 Å². The van der Waals surface area contributed by atoms with Crippen LogP contribution in [0.1, 0.15) is 20.3 Å². The molecule has 0 aromatic heterocycles. The quantitative estimate of drug-likeness (QED) is 0.768. The molecule has 0 amide bonds. The predicted octanol–water partition coefficient (Wildman–Crippen LogP) is 3.44. The first-order valence-corrected chi connectivity index (χ1v) is 12.2. The van der Waals surface area contributed by atoms with Gasteiger partial charge in [0.15, 0.2) is 15.1 Å². The van der Waals surface area contributed by atoms with Crippen LogP contribution < -0.4 is 9.72 Å². The molecule has 1 saturated heterocycles. The van der Waals surface area contributed by atoms with E-state index in [-0.39, 0.29) is 8.22 Å². The topological polar surface area (TPSA) is 27.3 Å². The zero-order valence-electron chi connectivity index (χ0n) is 10.9. The average Bonchev–Trinajstić information content (AvgIpc) is 2.14. The Labute approximate surface area is 97.5 Å². The van der Waals surface area contributed by atoms with Gasteiger partial charge in [0, 0.05) is 0 Å². The minimum atomic E-state index is -1.05. The monoisotopic (exact) mass is 269 g/mol. The van der Waals surface area contributed by atoms with E-state index in [0.29, 0.717) is 0 Å². The summed E-state index contributed by atoms with van der Waals surface area (Å²) < 4.78 is 2.69. The Kier molecular flexibility index (Phi) is 4.95. The highest BCUT2D eigenvalue weighted by molar-refractivity contribution is 7.95. The third-order valence-corrected chi connectivity index (χ3v) is 16.6.